The molecule has 2 aromatic carbocycles. The van der Waals surface area contributed by atoms with Gasteiger partial charge in [-0.15, -0.1) is 0 Å². The first-order valence-corrected chi connectivity index (χ1v) is 8.72. The van der Waals surface area contributed by atoms with Gasteiger partial charge in [0, 0.05) is 30.9 Å². The Hall–Kier alpha value is -1.84. The molecular formula is C20H27N3. The van der Waals surface area contributed by atoms with Crippen LogP contribution >= 0.6 is 0 Å². The van der Waals surface area contributed by atoms with Crippen LogP contribution in [-0.4, -0.2) is 19.1 Å². The summed E-state index contributed by atoms with van der Waals surface area (Å²) in [6, 6.07) is 20.2. The molecule has 1 heterocycles. The molecule has 1 aliphatic rings. The lowest BCUT2D eigenvalue weighted by Crippen LogP contribution is -2.45. The van der Waals surface area contributed by atoms with Gasteiger partial charge in [-0.1, -0.05) is 48.5 Å². The van der Waals surface area contributed by atoms with Gasteiger partial charge in [-0.05, 0) is 43.5 Å². The number of piperidine rings is 1. The summed E-state index contributed by atoms with van der Waals surface area (Å²) in [4.78, 5) is 0. The Balaban J connectivity index is 1.68. The van der Waals surface area contributed by atoms with Crippen LogP contribution in [0.15, 0.2) is 54.6 Å². The van der Waals surface area contributed by atoms with E-state index in [1.807, 2.05) is 0 Å². The molecule has 0 aliphatic carbocycles. The monoisotopic (exact) mass is 309 g/mol. The number of nitrogens with one attached hydrogen (secondary N) is 3. The average Bonchev–Trinajstić information content (AvgIpc) is 2.62. The van der Waals surface area contributed by atoms with Gasteiger partial charge in [-0.2, -0.15) is 0 Å². The van der Waals surface area contributed by atoms with Crippen LogP contribution in [0.1, 0.15) is 36.9 Å². The van der Waals surface area contributed by atoms with Crippen molar-refractivity contribution in [3.8, 4) is 0 Å². The molecule has 0 unspecified atom stereocenters. The Morgan fingerprint density at radius 1 is 1.04 bits per heavy atom. The van der Waals surface area contributed by atoms with Gasteiger partial charge in [0.2, 0.25) is 0 Å². The van der Waals surface area contributed by atoms with Crippen LogP contribution in [-0.2, 0) is 6.54 Å². The highest BCUT2D eigenvalue weighted by atomic mass is 15.0. The molecule has 0 aromatic heterocycles. The fourth-order valence-corrected chi connectivity index (χ4v) is 3.40. The molecule has 0 spiro atoms. The molecular weight excluding hydrogens is 282 g/mol. The highest BCUT2D eigenvalue weighted by Gasteiger charge is 2.25. The Morgan fingerprint density at radius 3 is 2.65 bits per heavy atom. The number of anilines is 1. The van der Waals surface area contributed by atoms with Crippen LogP contribution in [0.4, 0.5) is 5.69 Å². The maximum Gasteiger partial charge on any atom is 0.0476 e. The largest absolute Gasteiger partial charge is 0.385 e. The Labute approximate surface area is 139 Å². The van der Waals surface area contributed by atoms with Crippen molar-refractivity contribution >= 4 is 5.69 Å². The maximum absolute atomic E-state index is 3.78. The standard InChI is InChI=1S/C20H27N3/c1-2-21-18-12-7-6-11-17(18)15-23-19-13-8-14-22-20(19)16-9-4-3-5-10-16/h3-7,9-12,19-23H,2,8,13-15H2,1H3/t19-,20-/m0/s1. The van der Waals surface area contributed by atoms with E-state index in [-0.39, 0.29) is 0 Å². The Bertz CT molecular complexity index is 597. The van der Waals surface area contributed by atoms with Crippen molar-refractivity contribution in [3.05, 3.63) is 65.7 Å². The van der Waals surface area contributed by atoms with E-state index in [1.54, 1.807) is 0 Å². The van der Waals surface area contributed by atoms with E-state index in [1.165, 1.54) is 29.7 Å². The number of benzene rings is 2. The number of hydrogen-bond acceptors (Lipinski definition) is 3. The van der Waals surface area contributed by atoms with E-state index in [4.69, 9.17) is 0 Å². The van der Waals surface area contributed by atoms with Gasteiger partial charge >= 0.3 is 0 Å². The molecule has 0 amide bonds. The second kappa shape index (κ2) is 8.14. The van der Waals surface area contributed by atoms with Crippen LogP contribution < -0.4 is 16.0 Å². The molecule has 1 fully saturated rings. The van der Waals surface area contributed by atoms with Crippen LogP contribution in [0.3, 0.4) is 0 Å². The molecule has 3 rings (SSSR count). The SMILES string of the molecule is CCNc1ccccc1CN[C@H]1CCCN[C@H]1c1ccccc1. The highest BCUT2D eigenvalue weighted by molar-refractivity contribution is 5.50. The summed E-state index contributed by atoms with van der Waals surface area (Å²) < 4.78 is 0. The zero-order valence-corrected chi connectivity index (χ0v) is 13.9. The van der Waals surface area contributed by atoms with Crippen LogP contribution in [0.5, 0.6) is 0 Å². The van der Waals surface area contributed by atoms with E-state index in [2.05, 4.69) is 77.5 Å². The average molecular weight is 309 g/mol. The zero-order valence-electron chi connectivity index (χ0n) is 13.9. The Morgan fingerprint density at radius 2 is 1.83 bits per heavy atom. The zero-order chi connectivity index (χ0) is 15.9. The van der Waals surface area contributed by atoms with E-state index >= 15 is 0 Å². The molecule has 23 heavy (non-hydrogen) atoms. The summed E-state index contributed by atoms with van der Waals surface area (Å²) in [5, 5.41) is 10.9. The van der Waals surface area contributed by atoms with Crippen molar-refractivity contribution in [2.24, 2.45) is 0 Å². The summed E-state index contributed by atoms with van der Waals surface area (Å²) in [7, 11) is 0. The van der Waals surface area contributed by atoms with E-state index in [0.717, 1.165) is 19.6 Å². The van der Waals surface area contributed by atoms with E-state index in [9.17, 15) is 0 Å². The third-order valence-corrected chi connectivity index (χ3v) is 4.56. The van der Waals surface area contributed by atoms with Gasteiger partial charge in [0.15, 0.2) is 0 Å². The second-order valence-corrected chi connectivity index (χ2v) is 6.16. The molecule has 3 heteroatoms. The lowest BCUT2D eigenvalue weighted by Gasteiger charge is -2.34. The molecule has 3 nitrogen and oxygen atoms in total. The summed E-state index contributed by atoms with van der Waals surface area (Å²) in [6.45, 7) is 5.10. The number of para-hydroxylation sites is 1. The molecule has 2 atom stereocenters. The minimum absolute atomic E-state index is 0.399. The minimum Gasteiger partial charge on any atom is -0.385 e. The third-order valence-electron chi connectivity index (χ3n) is 4.56. The van der Waals surface area contributed by atoms with Crippen LogP contribution in [0.2, 0.25) is 0 Å². The molecule has 2 aromatic rings. The van der Waals surface area contributed by atoms with Gasteiger partial charge in [-0.3, -0.25) is 0 Å². The van der Waals surface area contributed by atoms with Crippen molar-refractivity contribution in [1.29, 1.82) is 0 Å². The number of hydrogen-bond donors (Lipinski definition) is 3. The fourth-order valence-electron chi connectivity index (χ4n) is 3.40. The lowest BCUT2D eigenvalue weighted by atomic mass is 9.92. The van der Waals surface area contributed by atoms with Gasteiger partial charge in [0.05, 0.1) is 0 Å². The van der Waals surface area contributed by atoms with Gasteiger partial charge in [0.25, 0.3) is 0 Å². The van der Waals surface area contributed by atoms with Gasteiger partial charge < -0.3 is 16.0 Å². The molecule has 0 saturated carbocycles. The van der Waals surface area contributed by atoms with Crippen molar-refractivity contribution < 1.29 is 0 Å². The summed E-state index contributed by atoms with van der Waals surface area (Å²) in [5.74, 6) is 0. The first-order chi connectivity index (χ1) is 11.4. The van der Waals surface area contributed by atoms with Crippen molar-refractivity contribution in [1.82, 2.24) is 10.6 Å². The summed E-state index contributed by atoms with van der Waals surface area (Å²) in [5.41, 5.74) is 3.96. The number of rotatable bonds is 6. The second-order valence-electron chi connectivity index (χ2n) is 6.16. The van der Waals surface area contributed by atoms with Crippen molar-refractivity contribution in [3.63, 3.8) is 0 Å². The van der Waals surface area contributed by atoms with E-state index in [0.29, 0.717) is 12.1 Å². The quantitative estimate of drug-likeness (QED) is 0.761. The summed E-state index contributed by atoms with van der Waals surface area (Å²) >= 11 is 0. The first-order valence-electron chi connectivity index (χ1n) is 8.72. The fraction of sp³-hybridized carbons (Fsp3) is 0.400. The smallest absolute Gasteiger partial charge is 0.0476 e. The molecule has 1 aliphatic heterocycles. The molecule has 1 saturated heterocycles. The topological polar surface area (TPSA) is 36.1 Å². The summed E-state index contributed by atoms with van der Waals surface area (Å²) in [6.07, 6.45) is 2.45. The molecule has 0 bridgehead atoms. The van der Waals surface area contributed by atoms with Gasteiger partial charge in [-0.25, -0.2) is 0 Å². The van der Waals surface area contributed by atoms with Crippen molar-refractivity contribution in [2.75, 3.05) is 18.4 Å². The highest BCUT2D eigenvalue weighted by Crippen LogP contribution is 2.24. The predicted molar refractivity (Wildman–Crippen MR) is 97.7 cm³/mol. The van der Waals surface area contributed by atoms with Crippen LogP contribution in [0.25, 0.3) is 0 Å². The lowest BCUT2D eigenvalue weighted by molar-refractivity contribution is 0.305. The third kappa shape index (κ3) is 4.12. The minimum atomic E-state index is 0.399. The normalized spacial score (nSPS) is 21.1. The van der Waals surface area contributed by atoms with E-state index < -0.39 is 0 Å². The van der Waals surface area contributed by atoms with Crippen LogP contribution in [0, 0.1) is 0 Å². The van der Waals surface area contributed by atoms with Crippen molar-refractivity contribution in [2.45, 2.75) is 38.4 Å². The maximum atomic E-state index is 3.78. The Kier molecular flexibility index (Phi) is 5.67. The molecule has 122 valence electrons. The van der Waals surface area contributed by atoms with Gasteiger partial charge in [0.1, 0.15) is 0 Å². The molecule has 3 N–H and O–H groups in total. The molecule has 0 radical (unpaired) electrons. The predicted octanol–water partition coefficient (Wildman–Crippen LogP) is 3.70. The first kappa shape index (κ1) is 16.0.